The summed E-state index contributed by atoms with van der Waals surface area (Å²) in [5.41, 5.74) is 5.38. The molecule has 0 spiro atoms. The van der Waals surface area contributed by atoms with E-state index in [0.29, 0.717) is 6.61 Å². The van der Waals surface area contributed by atoms with Crippen LogP contribution < -0.4 is 10.5 Å². The van der Waals surface area contributed by atoms with Crippen LogP contribution in [-0.2, 0) is 4.74 Å². The van der Waals surface area contributed by atoms with Crippen molar-refractivity contribution >= 4 is 11.7 Å². The summed E-state index contributed by atoms with van der Waals surface area (Å²) in [6.07, 6.45) is -0.336. The smallest absolute Gasteiger partial charge is 0.343 e. The lowest BCUT2D eigenvalue weighted by molar-refractivity contribution is 0.0373. The Balaban J connectivity index is 3.13. The van der Waals surface area contributed by atoms with Gasteiger partial charge in [0.2, 0.25) is 0 Å². The number of benzene rings is 1. The van der Waals surface area contributed by atoms with Gasteiger partial charge >= 0.3 is 5.97 Å². The van der Waals surface area contributed by atoms with Gasteiger partial charge in [0.1, 0.15) is 17.1 Å². The van der Waals surface area contributed by atoms with Crippen LogP contribution in [-0.4, -0.2) is 18.7 Å². The predicted octanol–water partition coefficient (Wildman–Crippen LogP) is 2.37. The summed E-state index contributed by atoms with van der Waals surface area (Å²) in [6.45, 7) is 5.51. The van der Waals surface area contributed by atoms with Crippen LogP contribution in [0.4, 0.5) is 10.1 Å². The molecule has 1 aromatic carbocycles. The average Bonchev–Trinajstić information content (AvgIpc) is 2.21. The van der Waals surface area contributed by atoms with Crippen molar-refractivity contribution in [1.29, 1.82) is 0 Å². The maximum Gasteiger partial charge on any atom is 0.343 e. The van der Waals surface area contributed by atoms with Crippen molar-refractivity contribution in [3.05, 3.63) is 23.5 Å². The molecular formula is C12H16FNO3. The number of rotatable bonds is 4. The first-order valence-electron chi connectivity index (χ1n) is 5.39. The van der Waals surface area contributed by atoms with E-state index >= 15 is 0 Å². The highest BCUT2D eigenvalue weighted by atomic mass is 19.1. The van der Waals surface area contributed by atoms with Crippen LogP contribution >= 0.6 is 0 Å². The van der Waals surface area contributed by atoms with E-state index in [1.54, 1.807) is 20.8 Å². The number of nitrogens with two attached hydrogens (primary N) is 1. The number of hydrogen-bond donors (Lipinski definition) is 1. The minimum atomic E-state index is -0.781. The Labute approximate surface area is 99.5 Å². The molecular weight excluding hydrogens is 225 g/mol. The number of esters is 1. The highest BCUT2D eigenvalue weighted by molar-refractivity contribution is 5.97. The second-order valence-electron chi connectivity index (χ2n) is 3.72. The van der Waals surface area contributed by atoms with Crippen molar-refractivity contribution in [3.63, 3.8) is 0 Å². The molecule has 1 aromatic rings. The Kier molecular flexibility index (Phi) is 4.31. The first-order valence-corrected chi connectivity index (χ1v) is 5.39. The van der Waals surface area contributed by atoms with Crippen LogP contribution in [0.3, 0.4) is 0 Å². The number of ether oxygens (including phenoxy) is 2. The van der Waals surface area contributed by atoms with E-state index < -0.39 is 11.8 Å². The molecule has 0 aromatic heterocycles. The fourth-order valence-electron chi connectivity index (χ4n) is 1.34. The van der Waals surface area contributed by atoms with Gasteiger partial charge < -0.3 is 15.2 Å². The second-order valence-corrected chi connectivity index (χ2v) is 3.72. The molecule has 0 aliphatic carbocycles. The Hall–Kier alpha value is -1.78. The van der Waals surface area contributed by atoms with Crippen LogP contribution in [0.15, 0.2) is 12.1 Å². The van der Waals surface area contributed by atoms with Crippen LogP contribution in [0, 0.1) is 5.82 Å². The molecule has 4 nitrogen and oxygen atoms in total. The lowest BCUT2D eigenvalue weighted by Gasteiger charge is -2.13. The summed E-state index contributed by atoms with van der Waals surface area (Å²) in [6, 6.07) is 2.53. The monoisotopic (exact) mass is 241 g/mol. The first-order chi connectivity index (χ1) is 7.97. The van der Waals surface area contributed by atoms with Gasteiger partial charge in [-0.25, -0.2) is 9.18 Å². The molecule has 0 aliphatic rings. The Morgan fingerprint density at radius 3 is 2.65 bits per heavy atom. The normalized spacial score (nSPS) is 10.4. The van der Waals surface area contributed by atoms with Crippen LogP contribution in [0.5, 0.6) is 5.75 Å². The summed E-state index contributed by atoms with van der Waals surface area (Å²) < 4.78 is 23.6. The summed E-state index contributed by atoms with van der Waals surface area (Å²) in [7, 11) is 0. The average molecular weight is 241 g/mol. The van der Waals surface area contributed by atoms with Crippen molar-refractivity contribution in [2.75, 3.05) is 12.3 Å². The lowest BCUT2D eigenvalue weighted by Crippen LogP contribution is -2.16. The molecule has 94 valence electrons. The quantitative estimate of drug-likeness (QED) is 0.649. The third kappa shape index (κ3) is 3.09. The van der Waals surface area contributed by atoms with Gasteiger partial charge in [-0.05, 0) is 32.9 Å². The fraction of sp³-hybridized carbons (Fsp3) is 0.417. The Morgan fingerprint density at radius 1 is 1.47 bits per heavy atom. The van der Waals surface area contributed by atoms with Crippen molar-refractivity contribution in [3.8, 4) is 5.75 Å². The summed E-state index contributed by atoms with van der Waals surface area (Å²) in [5, 5.41) is 0. The van der Waals surface area contributed by atoms with Gasteiger partial charge in [0, 0.05) is 0 Å². The van der Waals surface area contributed by atoms with Crippen LogP contribution in [0.1, 0.15) is 31.1 Å². The predicted molar refractivity (Wildman–Crippen MR) is 62.5 cm³/mol. The van der Waals surface area contributed by atoms with E-state index in [0.717, 1.165) is 6.07 Å². The molecule has 0 bridgehead atoms. The van der Waals surface area contributed by atoms with Crippen molar-refractivity contribution in [1.82, 2.24) is 0 Å². The van der Waals surface area contributed by atoms with Crippen LogP contribution in [0.2, 0.25) is 0 Å². The van der Waals surface area contributed by atoms with Gasteiger partial charge in [0.25, 0.3) is 0 Å². The molecule has 0 atom stereocenters. The number of carbonyl (C=O) groups excluding carboxylic acids is 1. The molecule has 2 N–H and O–H groups in total. The summed E-state index contributed by atoms with van der Waals surface area (Å²) in [4.78, 5) is 11.7. The van der Waals surface area contributed by atoms with Gasteiger partial charge in [0.15, 0.2) is 0 Å². The largest absolute Gasteiger partial charge is 0.492 e. The molecule has 0 radical (unpaired) electrons. The SMILES string of the molecule is CCOc1ccc(F)c(C(=O)OC(C)C)c1N. The Bertz CT molecular complexity index is 418. The molecule has 0 fully saturated rings. The number of nitrogen functional groups attached to an aromatic ring is 1. The first kappa shape index (κ1) is 13.3. The highest BCUT2D eigenvalue weighted by Crippen LogP contribution is 2.28. The fourth-order valence-corrected chi connectivity index (χ4v) is 1.34. The van der Waals surface area contributed by atoms with E-state index in [1.165, 1.54) is 6.07 Å². The maximum absolute atomic E-state index is 13.5. The number of anilines is 1. The van der Waals surface area contributed by atoms with Crippen LogP contribution in [0.25, 0.3) is 0 Å². The maximum atomic E-state index is 13.5. The topological polar surface area (TPSA) is 61.5 Å². The Morgan fingerprint density at radius 2 is 2.12 bits per heavy atom. The zero-order valence-electron chi connectivity index (χ0n) is 10.1. The molecule has 0 heterocycles. The minimum Gasteiger partial charge on any atom is -0.492 e. The number of carbonyl (C=O) groups is 1. The lowest BCUT2D eigenvalue weighted by atomic mass is 10.1. The second kappa shape index (κ2) is 5.52. The third-order valence-electron chi connectivity index (χ3n) is 2.00. The van der Waals surface area contributed by atoms with E-state index in [1.807, 2.05) is 0 Å². The van der Waals surface area contributed by atoms with E-state index in [2.05, 4.69) is 0 Å². The zero-order chi connectivity index (χ0) is 13.0. The molecule has 0 amide bonds. The molecule has 0 saturated heterocycles. The minimum absolute atomic E-state index is 0.0301. The molecule has 0 aliphatic heterocycles. The number of halogens is 1. The van der Waals surface area contributed by atoms with E-state index in [4.69, 9.17) is 15.2 Å². The summed E-state index contributed by atoms with van der Waals surface area (Å²) >= 11 is 0. The molecule has 1 rings (SSSR count). The van der Waals surface area contributed by atoms with Gasteiger partial charge in [-0.2, -0.15) is 0 Å². The molecule has 5 heteroatoms. The van der Waals surface area contributed by atoms with Gasteiger partial charge in [0.05, 0.1) is 18.4 Å². The summed E-state index contributed by atoms with van der Waals surface area (Å²) in [5.74, 6) is -1.21. The number of hydrogen-bond acceptors (Lipinski definition) is 4. The zero-order valence-corrected chi connectivity index (χ0v) is 10.1. The van der Waals surface area contributed by atoms with E-state index in [-0.39, 0.29) is 23.1 Å². The van der Waals surface area contributed by atoms with Crippen molar-refractivity contribution in [2.24, 2.45) is 0 Å². The van der Waals surface area contributed by atoms with Gasteiger partial charge in [-0.1, -0.05) is 0 Å². The van der Waals surface area contributed by atoms with Crippen molar-refractivity contribution in [2.45, 2.75) is 26.9 Å². The standard InChI is InChI=1S/C12H16FNO3/c1-4-16-9-6-5-8(13)10(11(9)14)12(15)17-7(2)3/h5-7H,4,14H2,1-3H3. The van der Waals surface area contributed by atoms with Gasteiger partial charge in [-0.3, -0.25) is 0 Å². The highest BCUT2D eigenvalue weighted by Gasteiger charge is 2.21. The van der Waals surface area contributed by atoms with E-state index in [9.17, 15) is 9.18 Å². The van der Waals surface area contributed by atoms with Gasteiger partial charge in [-0.15, -0.1) is 0 Å². The molecule has 17 heavy (non-hydrogen) atoms. The van der Waals surface area contributed by atoms with Crippen molar-refractivity contribution < 1.29 is 18.7 Å². The molecule has 0 unspecified atom stereocenters. The molecule has 0 saturated carbocycles. The third-order valence-corrected chi connectivity index (χ3v) is 2.00.